The molecule has 2 fully saturated rings. The van der Waals surface area contributed by atoms with Gasteiger partial charge >= 0.3 is 6.18 Å². The highest BCUT2D eigenvalue weighted by Crippen LogP contribution is 2.38. The molecule has 2 aliphatic rings. The Hall–Kier alpha value is -3.33. The molecular formula is C22H23F3N8O4S2. The van der Waals surface area contributed by atoms with Crippen LogP contribution in [0.5, 0.6) is 0 Å². The molecular weight excluding hydrogens is 561 g/mol. The molecule has 0 spiro atoms. The first kappa shape index (κ1) is 27.2. The van der Waals surface area contributed by atoms with E-state index < -0.39 is 32.9 Å². The van der Waals surface area contributed by atoms with Gasteiger partial charge in [0.15, 0.2) is 10.8 Å². The van der Waals surface area contributed by atoms with Gasteiger partial charge in [0.25, 0.3) is 5.91 Å². The van der Waals surface area contributed by atoms with E-state index in [9.17, 15) is 31.6 Å². The fourth-order valence-electron chi connectivity index (χ4n) is 4.24. The number of pyridine rings is 1. The van der Waals surface area contributed by atoms with E-state index in [1.807, 2.05) is 11.0 Å². The van der Waals surface area contributed by atoms with E-state index in [2.05, 4.69) is 19.9 Å². The summed E-state index contributed by atoms with van der Waals surface area (Å²) < 4.78 is 75.1. The Morgan fingerprint density at radius 3 is 2.51 bits per heavy atom. The van der Waals surface area contributed by atoms with E-state index in [1.165, 1.54) is 30.0 Å². The number of sulfonamides is 1. The van der Waals surface area contributed by atoms with E-state index in [1.54, 1.807) is 11.8 Å². The molecule has 208 valence electrons. The molecule has 4 heterocycles. The quantitative estimate of drug-likeness (QED) is 0.440. The van der Waals surface area contributed by atoms with Crippen LogP contribution in [0.1, 0.15) is 24.8 Å². The monoisotopic (exact) mass is 584 g/mol. The summed E-state index contributed by atoms with van der Waals surface area (Å²) in [6.07, 6.45) is -1.90. The van der Waals surface area contributed by atoms with Crippen molar-refractivity contribution in [1.82, 2.24) is 29.2 Å². The molecule has 1 aliphatic heterocycles. The molecule has 39 heavy (non-hydrogen) atoms. The summed E-state index contributed by atoms with van der Waals surface area (Å²) in [4.78, 5) is 20.1. The third-order valence-electron chi connectivity index (χ3n) is 6.69. The Labute approximate surface area is 225 Å². The zero-order chi connectivity index (χ0) is 28.2. The number of piperazine rings is 1. The lowest BCUT2D eigenvalue weighted by Crippen LogP contribution is -2.51. The largest absolute Gasteiger partial charge is 0.445 e. The van der Waals surface area contributed by atoms with Crippen molar-refractivity contribution < 1.29 is 31.1 Å². The summed E-state index contributed by atoms with van der Waals surface area (Å²) in [6.45, 7) is 3.05. The molecule has 1 N–H and O–H groups in total. The van der Waals surface area contributed by atoms with Crippen LogP contribution in [0.4, 0.5) is 18.9 Å². The fraction of sp³-hybridized carbons (Fsp3) is 0.500. The number of hydrogen-bond donors (Lipinski definition) is 1. The van der Waals surface area contributed by atoms with Gasteiger partial charge in [0, 0.05) is 39.5 Å². The number of carbonyl (C=O) groups excluding carboxylic acids is 1. The van der Waals surface area contributed by atoms with E-state index >= 15 is 0 Å². The van der Waals surface area contributed by atoms with Crippen LogP contribution in [0, 0.1) is 11.3 Å². The number of ether oxygens (including phenoxy) is 1. The summed E-state index contributed by atoms with van der Waals surface area (Å²) in [6, 6.07) is 3.42. The van der Waals surface area contributed by atoms with E-state index in [-0.39, 0.29) is 21.6 Å². The highest BCUT2D eigenvalue weighted by atomic mass is 32.2. The summed E-state index contributed by atoms with van der Waals surface area (Å²) in [5.74, 6) is -0.183. The number of alkyl halides is 3. The number of methoxy groups -OCH3 is 1. The summed E-state index contributed by atoms with van der Waals surface area (Å²) in [5.41, 5.74) is -0.304. The van der Waals surface area contributed by atoms with Crippen molar-refractivity contribution in [2.75, 3.05) is 38.2 Å². The van der Waals surface area contributed by atoms with Crippen LogP contribution in [0.2, 0.25) is 0 Å². The number of anilines is 1. The van der Waals surface area contributed by atoms with Gasteiger partial charge in [-0.2, -0.15) is 23.2 Å². The molecule has 1 aliphatic carbocycles. The molecule has 1 amide bonds. The van der Waals surface area contributed by atoms with Crippen molar-refractivity contribution in [2.45, 2.75) is 42.5 Å². The number of hydrogen-bond acceptors (Lipinski definition) is 10. The van der Waals surface area contributed by atoms with Crippen LogP contribution in [0.15, 0.2) is 23.4 Å². The molecule has 5 rings (SSSR count). The number of aromatic nitrogens is 4. The lowest BCUT2D eigenvalue weighted by Gasteiger charge is -2.37. The van der Waals surface area contributed by atoms with Crippen molar-refractivity contribution in [3.63, 3.8) is 0 Å². The van der Waals surface area contributed by atoms with Crippen molar-refractivity contribution in [1.29, 1.82) is 5.26 Å². The normalized spacial score (nSPS) is 18.3. The molecule has 3 aromatic heterocycles. The Bertz CT molecular complexity index is 1570. The number of nitriles is 1. The summed E-state index contributed by atoms with van der Waals surface area (Å²) in [7, 11) is -2.75. The Morgan fingerprint density at radius 2 is 1.95 bits per heavy atom. The van der Waals surface area contributed by atoms with Gasteiger partial charge in [-0.15, -0.1) is 10.2 Å². The predicted molar refractivity (Wildman–Crippen MR) is 132 cm³/mol. The number of rotatable bonds is 7. The van der Waals surface area contributed by atoms with Crippen LogP contribution in [-0.4, -0.2) is 83.7 Å². The van der Waals surface area contributed by atoms with Gasteiger partial charge in [-0.3, -0.25) is 9.20 Å². The lowest BCUT2D eigenvalue weighted by atomic mass is 10.2. The average molecular weight is 585 g/mol. The highest BCUT2D eigenvalue weighted by molar-refractivity contribution is 7.89. The number of imidazole rings is 1. The molecule has 1 saturated heterocycles. The van der Waals surface area contributed by atoms with Gasteiger partial charge in [-0.1, -0.05) is 11.3 Å². The number of fused-ring (bicyclic) bond motifs is 1. The molecule has 1 atom stereocenters. The van der Waals surface area contributed by atoms with E-state index in [0.29, 0.717) is 61.6 Å². The van der Waals surface area contributed by atoms with Crippen molar-refractivity contribution in [2.24, 2.45) is 0 Å². The van der Waals surface area contributed by atoms with Gasteiger partial charge in [0.1, 0.15) is 16.5 Å². The zero-order valence-corrected chi connectivity index (χ0v) is 22.4. The maximum Gasteiger partial charge on any atom is 0.445 e. The van der Waals surface area contributed by atoms with Crippen LogP contribution < -0.4 is 9.62 Å². The van der Waals surface area contributed by atoms with Gasteiger partial charge in [0.2, 0.25) is 15.0 Å². The number of amides is 1. The third-order valence-corrected chi connectivity index (χ3v) is 9.16. The molecule has 0 radical (unpaired) electrons. The average Bonchev–Trinajstić information content (AvgIpc) is 3.28. The number of halogens is 3. The van der Waals surface area contributed by atoms with Crippen molar-refractivity contribution in [3.05, 3.63) is 23.5 Å². The molecule has 3 aromatic rings. The molecule has 0 aromatic carbocycles. The van der Waals surface area contributed by atoms with E-state index in [0.717, 1.165) is 0 Å². The van der Waals surface area contributed by atoms with Crippen molar-refractivity contribution in [3.8, 4) is 16.9 Å². The van der Waals surface area contributed by atoms with Crippen LogP contribution in [0.3, 0.4) is 0 Å². The Balaban J connectivity index is 1.56. The molecule has 0 bridgehead atoms. The SMILES string of the molecule is COC(C)C(=O)N1CCN(c2cc(S(=O)(=O)NC3(C#N)CC3)cn3c(-c4nnc(C(F)(F)F)s4)ncc23)CC1. The van der Waals surface area contributed by atoms with E-state index in [4.69, 9.17) is 4.74 Å². The smallest absolute Gasteiger partial charge is 0.372 e. The summed E-state index contributed by atoms with van der Waals surface area (Å²) in [5, 5.41) is 15.0. The number of nitrogens with zero attached hydrogens (tertiary/aromatic N) is 7. The first-order chi connectivity index (χ1) is 18.4. The van der Waals surface area contributed by atoms with Crippen LogP contribution >= 0.6 is 11.3 Å². The minimum Gasteiger partial charge on any atom is -0.372 e. The number of carbonyl (C=O) groups is 1. The third kappa shape index (κ3) is 5.16. The molecule has 1 unspecified atom stereocenters. The first-order valence-electron chi connectivity index (χ1n) is 11.8. The number of nitrogens with one attached hydrogen (secondary N) is 1. The summed E-state index contributed by atoms with van der Waals surface area (Å²) >= 11 is 0.291. The molecule has 12 nitrogen and oxygen atoms in total. The fourth-order valence-corrected chi connectivity index (χ4v) is 6.34. The second-order valence-corrected chi connectivity index (χ2v) is 12.0. The predicted octanol–water partition coefficient (Wildman–Crippen LogP) is 1.89. The van der Waals surface area contributed by atoms with Gasteiger partial charge in [-0.05, 0) is 25.8 Å². The second kappa shape index (κ2) is 9.70. The Morgan fingerprint density at radius 1 is 1.26 bits per heavy atom. The maximum absolute atomic E-state index is 13.3. The Kier molecular flexibility index (Phi) is 6.77. The second-order valence-electron chi connectivity index (χ2n) is 9.30. The topological polar surface area (TPSA) is 146 Å². The van der Waals surface area contributed by atoms with Gasteiger partial charge < -0.3 is 14.5 Å². The minimum absolute atomic E-state index is 0.0135. The van der Waals surface area contributed by atoms with Gasteiger partial charge in [-0.25, -0.2) is 13.4 Å². The maximum atomic E-state index is 13.3. The highest BCUT2D eigenvalue weighted by Gasteiger charge is 2.47. The minimum atomic E-state index is -4.69. The molecule has 17 heteroatoms. The first-order valence-corrected chi connectivity index (χ1v) is 14.1. The van der Waals surface area contributed by atoms with Crippen LogP contribution in [0.25, 0.3) is 16.3 Å². The zero-order valence-electron chi connectivity index (χ0n) is 20.8. The van der Waals surface area contributed by atoms with Crippen molar-refractivity contribution >= 4 is 38.5 Å². The van der Waals surface area contributed by atoms with Gasteiger partial charge in [0.05, 0.1) is 23.5 Å². The molecule has 1 saturated carbocycles. The lowest BCUT2D eigenvalue weighted by molar-refractivity contribution is -0.141. The standard InChI is InChI=1S/C22H23F3N8O4S2/c1-13(37-2)19(34)32-7-5-31(6-8-32)15-9-14(39(35,36)30-21(12-26)3-4-21)11-33-16(15)10-27-17(33)18-28-29-20(38-18)22(23,24)25/h9-11,13,30H,3-8H2,1-2H3. The van der Waals surface area contributed by atoms with Crippen LogP contribution in [-0.2, 0) is 25.7 Å².